The number of aromatic nitrogens is 3. The second kappa shape index (κ2) is 4.83. The van der Waals surface area contributed by atoms with Crippen LogP contribution in [0.5, 0.6) is 0 Å². The van der Waals surface area contributed by atoms with Crippen molar-refractivity contribution in [3.05, 3.63) is 6.33 Å². The normalized spacial score (nSPS) is 18.5. The summed E-state index contributed by atoms with van der Waals surface area (Å²) in [6.07, 6.45) is 6.45. The van der Waals surface area contributed by atoms with E-state index < -0.39 is 0 Å². The van der Waals surface area contributed by atoms with Crippen LogP contribution in [0.2, 0.25) is 0 Å². The molecule has 3 N–H and O–H groups in total. The summed E-state index contributed by atoms with van der Waals surface area (Å²) in [6.45, 7) is 0.851. The van der Waals surface area contributed by atoms with Crippen molar-refractivity contribution in [3.63, 3.8) is 0 Å². The number of hydrogen-bond donors (Lipinski definition) is 2. The van der Waals surface area contributed by atoms with E-state index in [2.05, 4.69) is 39.3 Å². The van der Waals surface area contributed by atoms with Crippen molar-refractivity contribution in [2.24, 2.45) is 0 Å². The van der Waals surface area contributed by atoms with Gasteiger partial charge in [0.2, 0.25) is 11.9 Å². The second-order valence-corrected chi connectivity index (χ2v) is 4.85. The lowest BCUT2D eigenvalue weighted by atomic mass is 9.96. The standard InChI is InChI=1S/C11H20N6/c1-17(2)11(5-3-4-6-11)7-13-10-15-8-14-9(12)16-10/h8H,3-7H2,1-2H3,(H3,12,13,14,15,16). The van der Waals surface area contributed by atoms with Crippen LogP contribution in [0.1, 0.15) is 25.7 Å². The highest BCUT2D eigenvalue weighted by molar-refractivity contribution is 5.29. The summed E-state index contributed by atoms with van der Waals surface area (Å²) in [5.41, 5.74) is 5.75. The number of nitrogens with two attached hydrogens (primary N) is 1. The first-order valence-electron chi connectivity index (χ1n) is 5.98. The lowest BCUT2D eigenvalue weighted by Gasteiger charge is -2.36. The third-order valence-corrected chi connectivity index (χ3v) is 3.65. The van der Waals surface area contributed by atoms with Crippen molar-refractivity contribution in [1.82, 2.24) is 19.9 Å². The molecule has 0 atom stereocenters. The Kier molecular flexibility index (Phi) is 3.42. The van der Waals surface area contributed by atoms with Crippen LogP contribution < -0.4 is 11.1 Å². The van der Waals surface area contributed by atoms with Gasteiger partial charge in [-0.15, -0.1) is 0 Å². The number of nitrogens with one attached hydrogen (secondary N) is 1. The summed E-state index contributed by atoms with van der Waals surface area (Å²) >= 11 is 0. The van der Waals surface area contributed by atoms with Gasteiger partial charge in [-0.3, -0.25) is 0 Å². The fourth-order valence-electron chi connectivity index (χ4n) is 2.45. The van der Waals surface area contributed by atoms with E-state index in [-0.39, 0.29) is 11.5 Å². The Bertz CT molecular complexity index is 372. The molecule has 1 aliphatic carbocycles. The molecule has 1 saturated carbocycles. The van der Waals surface area contributed by atoms with E-state index in [4.69, 9.17) is 5.73 Å². The van der Waals surface area contributed by atoms with Gasteiger partial charge in [0.1, 0.15) is 6.33 Å². The van der Waals surface area contributed by atoms with Gasteiger partial charge < -0.3 is 16.0 Å². The smallest absolute Gasteiger partial charge is 0.227 e. The van der Waals surface area contributed by atoms with Crippen molar-refractivity contribution >= 4 is 11.9 Å². The molecule has 1 fully saturated rings. The van der Waals surface area contributed by atoms with Crippen LogP contribution in [0.15, 0.2) is 6.33 Å². The largest absolute Gasteiger partial charge is 0.368 e. The van der Waals surface area contributed by atoms with Gasteiger partial charge in [-0.05, 0) is 26.9 Å². The zero-order chi connectivity index (χ0) is 12.3. The van der Waals surface area contributed by atoms with Crippen molar-refractivity contribution in [1.29, 1.82) is 0 Å². The first kappa shape index (κ1) is 12.0. The van der Waals surface area contributed by atoms with Gasteiger partial charge in [0.25, 0.3) is 0 Å². The molecule has 1 aromatic rings. The molecule has 1 aromatic heterocycles. The van der Waals surface area contributed by atoms with E-state index in [1.807, 2.05) is 0 Å². The summed E-state index contributed by atoms with van der Waals surface area (Å²) < 4.78 is 0. The van der Waals surface area contributed by atoms with Gasteiger partial charge in [0.05, 0.1) is 0 Å². The predicted octanol–water partition coefficient (Wildman–Crippen LogP) is 0.740. The summed E-state index contributed by atoms with van der Waals surface area (Å²) in [6, 6.07) is 0. The molecule has 94 valence electrons. The molecule has 0 amide bonds. The lowest BCUT2D eigenvalue weighted by Crippen LogP contribution is -2.47. The highest BCUT2D eigenvalue weighted by Crippen LogP contribution is 2.33. The molecule has 17 heavy (non-hydrogen) atoms. The fraction of sp³-hybridized carbons (Fsp3) is 0.727. The molecule has 2 rings (SSSR count). The highest BCUT2D eigenvalue weighted by Gasteiger charge is 2.35. The van der Waals surface area contributed by atoms with Crippen LogP contribution >= 0.6 is 0 Å². The van der Waals surface area contributed by atoms with Gasteiger partial charge in [0.15, 0.2) is 0 Å². The van der Waals surface area contributed by atoms with Gasteiger partial charge in [0, 0.05) is 12.1 Å². The maximum Gasteiger partial charge on any atom is 0.227 e. The maximum atomic E-state index is 5.52. The first-order valence-corrected chi connectivity index (χ1v) is 5.98. The zero-order valence-corrected chi connectivity index (χ0v) is 10.5. The number of rotatable bonds is 4. The topological polar surface area (TPSA) is 80.0 Å². The van der Waals surface area contributed by atoms with Crippen molar-refractivity contribution in [3.8, 4) is 0 Å². The Morgan fingerprint density at radius 3 is 2.65 bits per heavy atom. The molecule has 0 bridgehead atoms. The molecule has 0 radical (unpaired) electrons. The van der Waals surface area contributed by atoms with E-state index in [0.29, 0.717) is 5.95 Å². The quantitative estimate of drug-likeness (QED) is 0.802. The summed E-state index contributed by atoms with van der Waals surface area (Å²) in [7, 11) is 4.27. The van der Waals surface area contributed by atoms with E-state index in [1.54, 1.807) is 0 Å². The van der Waals surface area contributed by atoms with E-state index in [9.17, 15) is 0 Å². The number of anilines is 2. The molecule has 0 aliphatic heterocycles. The minimum Gasteiger partial charge on any atom is -0.368 e. The molecule has 6 nitrogen and oxygen atoms in total. The first-order chi connectivity index (χ1) is 8.12. The molecule has 0 aromatic carbocycles. The number of nitrogen functional groups attached to an aromatic ring is 1. The molecule has 0 unspecified atom stereocenters. The Morgan fingerprint density at radius 1 is 1.35 bits per heavy atom. The van der Waals surface area contributed by atoms with Crippen LogP contribution in [-0.2, 0) is 0 Å². The van der Waals surface area contributed by atoms with E-state index in [1.165, 1.54) is 32.0 Å². The third-order valence-electron chi connectivity index (χ3n) is 3.65. The zero-order valence-electron chi connectivity index (χ0n) is 10.5. The monoisotopic (exact) mass is 236 g/mol. The van der Waals surface area contributed by atoms with E-state index in [0.717, 1.165) is 6.54 Å². The molecular weight excluding hydrogens is 216 g/mol. The number of likely N-dealkylation sites (N-methyl/N-ethyl adjacent to an activating group) is 1. The number of hydrogen-bond acceptors (Lipinski definition) is 6. The highest BCUT2D eigenvalue weighted by atomic mass is 15.2. The number of nitrogens with zero attached hydrogens (tertiary/aromatic N) is 4. The molecule has 1 heterocycles. The van der Waals surface area contributed by atoms with Gasteiger partial charge in [-0.1, -0.05) is 12.8 Å². The van der Waals surface area contributed by atoms with Crippen molar-refractivity contribution in [2.75, 3.05) is 31.7 Å². The summed E-state index contributed by atoms with van der Waals surface area (Å²) in [5, 5.41) is 3.27. The molecule has 1 aliphatic rings. The molecule has 0 saturated heterocycles. The Labute approximate surface area is 102 Å². The van der Waals surface area contributed by atoms with Crippen LogP contribution in [0.25, 0.3) is 0 Å². The van der Waals surface area contributed by atoms with Crippen molar-refractivity contribution in [2.45, 2.75) is 31.2 Å². The molecule has 0 spiro atoms. The second-order valence-electron chi connectivity index (χ2n) is 4.85. The average Bonchev–Trinajstić information content (AvgIpc) is 2.76. The van der Waals surface area contributed by atoms with Crippen LogP contribution in [0.4, 0.5) is 11.9 Å². The average molecular weight is 236 g/mol. The molecular formula is C11H20N6. The Balaban J connectivity index is 2.01. The Morgan fingerprint density at radius 2 is 2.06 bits per heavy atom. The maximum absolute atomic E-state index is 5.52. The SMILES string of the molecule is CN(C)C1(CNc2ncnc(N)n2)CCCC1. The van der Waals surface area contributed by atoms with E-state index >= 15 is 0 Å². The summed E-state index contributed by atoms with van der Waals surface area (Å²) in [5.74, 6) is 0.818. The molecule has 6 heteroatoms. The van der Waals surface area contributed by atoms with Gasteiger partial charge in [-0.2, -0.15) is 4.98 Å². The third kappa shape index (κ3) is 2.63. The van der Waals surface area contributed by atoms with Gasteiger partial charge >= 0.3 is 0 Å². The van der Waals surface area contributed by atoms with Crippen LogP contribution in [0, 0.1) is 0 Å². The predicted molar refractivity (Wildman–Crippen MR) is 67.6 cm³/mol. The van der Waals surface area contributed by atoms with Crippen LogP contribution in [0.3, 0.4) is 0 Å². The fourth-order valence-corrected chi connectivity index (χ4v) is 2.45. The minimum atomic E-state index is 0.224. The lowest BCUT2D eigenvalue weighted by molar-refractivity contribution is 0.172. The Hall–Kier alpha value is -1.43. The van der Waals surface area contributed by atoms with Crippen molar-refractivity contribution < 1.29 is 0 Å². The minimum absolute atomic E-state index is 0.224. The van der Waals surface area contributed by atoms with Crippen LogP contribution in [-0.4, -0.2) is 46.0 Å². The summed E-state index contributed by atoms with van der Waals surface area (Å²) in [4.78, 5) is 14.2. The van der Waals surface area contributed by atoms with Gasteiger partial charge in [-0.25, -0.2) is 9.97 Å².